The first kappa shape index (κ1) is 13.7. The van der Waals surface area contributed by atoms with Crippen LogP contribution in [0.15, 0.2) is 59.8 Å². The topological polar surface area (TPSA) is 64.7 Å². The maximum atomic E-state index is 13.3. The quantitative estimate of drug-likeness (QED) is 0.402. The number of hydrogen-bond acceptors (Lipinski definition) is 3. The van der Waals surface area contributed by atoms with E-state index in [0.717, 1.165) is 5.56 Å². The Bertz CT molecular complexity index is 627. The Hall–Kier alpha value is -2.69. The maximum Gasteiger partial charge on any atom is 0.368 e. The molecule has 0 fully saturated rings. The minimum Gasteiger partial charge on any atom is -0.384 e. The van der Waals surface area contributed by atoms with E-state index < -0.39 is 11.8 Å². The maximum absolute atomic E-state index is 13.3. The number of nitrogens with two attached hydrogens (primary N) is 1. The predicted octanol–water partition coefficient (Wildman–Crippen LogP) is 2.50. The lowest BCUT2D eigenvalue weighted by Crippen LogP contribution is -2.17. The molecule has 0 saturated carbocycles. The fourth-order valence-electron chi connectivity index (χ4n) is 1.61. The molecule has 0 unspecified atom stereocenters. The Labute approximate surface area is 115 Å². The Balaban J connectivity index is 1.99. The van der Waals surface area contributed by atoms with Gasteiger partial charge in [-0.1, -0.05) is 47.6 Å². The van der Waals surface area contributed by atoms with Gasteiger partial charge < -0.3 is 10.6 Å². The molecular formula is C15H13FN2O2. The van der Waals surface area contributed by atoms with Crippen LogP contribution in [0, 0.1) is 5.82 Å². The Morgan fingerprint density at radius 1 is 1.10 bits per heavy atom. The van der Waals surface area contributed by atoms with Crippen LogP contribution in [0.25, 0.3) is 0 Å². The Kier molecular flexibility index (Phi) is 4.44. The van der Waals surface area contributed by atoms with Crippen molar-refractivity contribution in [2.45, 2.75) is 6.42 Å². The first-order valence-corrected chi connectivity index (χ1v) is 5.99. The normalized spacial score (nSPS) is 11.2. The van der Waals surface area contributed by atoms with Crippen molar-refractivity contribution in [3.8, 4) is 0 Å². The highest BCUT2D eigenvalue weighted by Gasteiger charge is 2.12. The number of oxime groups is 1. The van der Waals surface area contributed by atoms with Crippen molar-refractivity contribution in [2.24, 2.45) is 10.9 Å². The van der Waals surface area contributed by atoms with Gasteiger partial charge in [-0.05, 0) is 17.7 Å². The molecule has 0 aromatic heterocycles. The van der Waals surface area contributed by atoms with Crippen LogP contribution >= 0.6 is 0 Å². The zero-order chi connectivity index (χ0) is 14.4. The van der Waals surface area contributed by atoms with Gasteiger partial charge in [0.25, 0.3) is 0 Å². The molecular weight excluding hydrogens is 259 g/mol. The molecule has 4 nitrogen and oxygen atoms in total. The molecule has 20 heavy (non-hydrogen) atoms. The summed E-state index contributed by atoms with van der Waals surface area (Å²) in [7, 11) is 0. The van der Waals surface area contributed by atoms with E-state index in [1.54, 1.807) is 0 Å². The molecule has 0 radical (unpaired) electrons. The average Bonchev–Trinajstić information content (AvgIpc) is 2.46. The second-order valence-corrected chi connectivity index (χ2v) is 4.10. The van der Waals surface area contributed by atoms with Crippen LogP contribution in [0.1, 0.15) is 15.9 Å². The molecule has 2 N–H and O–H groups in total. The number of halogens is 1. The molecule has 0 aliphatic rings. The van der Waals surface area contributed by atoms with Crippen LogP contribution < -0.4 is 5.73 Å². The molecule has 0 atom stereocenters. The van der Waals surface area contributed by atoms with E-state index in [-0.39, 0.29) is 11.4 Å². The summed E-state index contributed by atoms with van der Waals surface area (Å²) in [5, 5.41) is 3.52. The average molecular weight is 272 g/mol. The molecule has 0 saturated heterocycles. The number of carbonyl (C=O) groups is 1. The van der Waals surface area contributed by atoms with E-state index in [1.807, 2.05) is 30.3 Å². The zero-order valence-corrected chi connectivity index (χ0v) is 10.6. The number of hydrogen-bond donors (Lipinski definition) is 1. The highest BCUT2D eigenvalue weighted by molar-refractivity contribution is 5.90. The zero-order valence-electron chi connectivity index (χ0n) is 10.6. The lowest BCUT2D eigenvalue weighted by atomic mass is 10.1. The summed E-state index contributed by atoms with van der Waals surface area (Å²) in [5.41, 5.74) is 6.41. The van der Waals surface area contributed by atoms with Crippen LogP contribution in [-0.4, -0.2) is 11.8 Å². The second-order valence-electron chi connectivity index (χ2n) is 4.10. The largest absolute Gasteiger partial charge is 0.384 e. The van der Waals surface area contributed by atoms with Gasteiger partial charge in [0.05, 0.1) is 5.56 Å². The van der Waals surface area contributed by atoms with Gasteiger partial charge in [-0.3, -0.25) is 0 Å². The van der Waals surface area contributed by atoms with Crippen LogP contribution in [-0.2, 0) is 11.3 Å². The lowest BCUT2D eigenvalue weighted by Gasteiger charge is -2.02. The van der Waals surface area contributed by atoms with E-state index in [0.29, 0.717) is 6.42 Å². The van der Waals surface area contributed by atoms with Crippen molar-refractivity contribution >= 4 is 11.8 Å². The fourth-order valence-corrected chi connectivity index (χ4v) is 1.61. The minimum absolute atomic E-state index is 0.140. The van der Waals surface area contributed by atoms with Crippen molar-refractivity contribution in [1.82, 2.24) is 0 Å². The molecule has 0 heterocycles. The lowest BCUT2D eigenvalue weighted by molar-refractivity contribution is 0.0509. The van der Waals surface area contributed by atoms with Gasteiger partial charge >= 0.3 is 5.97 Å². The van der Waals surface area contributed by atoms with E-state index in [9.17, 15) is 9.18 Å². The summed E-state index contributed by atoms with van der Waals surface area (Å²) in [6.45, 7) is 0. The van der Waals surface area contributed by atoms with E-state index in [1.165, 1.54) is 24.3 Å². The van der Waals surface area contributed by atoms with Gasteiger partial charge in [0.2, 0.25) is 0 Å². The molecule has 2 aromatic carbocycles. The number of amidine groups is 1. The van der Waals surface area contributed by atoms with Crippen molar-refractivity contribution < 1.29 is 14.0 Å². The van der Waals surface area contributed by atoms with Gasteiger partial charge in [-0.15, -0.1) is 0 Å². The standard InChI is InChI=1S/C15H13FN2O2/c16-13-9-5-4-8-12(13)15(19)20-18-14(17)10-11-6-2-1-3-7-11/h1-9H,10H2,(H2,17,18). The summed E-state index contributed by atoms with van der Waals surface area (Å²) < 4.78 is 13.3. The molecule has 0 spiro atoms. The Morgan fingerprint density at radius 3 is 2.45 bits per heavy atom. The first-order valence-electron chi connectivity index (χ1n) is 5.99. The van der Waals surface area contributed by atoms with Crippen LogP contribution in [0.4, 0.5) is 4.39 Å². The van der Waals surface area contributed by atoms with Gasteiger partial charge in [-0.2, -0.15) is 0 Å². The monoisotopic (exact) mass is 272 g/mol. The molecule has 5 heteroatoms. The highest BCUT2D eigenvalue weighted by Crippen LogP contribution is 2.08. The van der Waals surface area contributed by atoms with Crippen molar-refractivity contribution in [2.75, 3.05) is 0 Å². The van der Waals surface area contributed by atoms with E-state index >= 15 is 0 Å². The SMILES string of the molecule is N/C(Cc1ccccc1)=N/OC(=O)c1ccccc1F. The van der Waals surface area contributed by atoms with Crippen molar-refractivity contribution in [1.29, 1.82) is 0 Å². The highest BCUT2D eigenvalue weighted by atomic mass is 19.1. The minimum atomic E-state index is -0.876. The first-order chi connectivity index (χ1) is 9.66. The summed E-state index contributed by atoms with van der Waals surface area (Å²) >= 11 is 0. The molecule has 0 aliphatic carbocycles. The molecule has 0 aliphatic heterocycles. The van der Waals surface area contributed by atoms with Gasteiger partial charge in [-0.25, -0.2) is 9.18 Å². The smallest absolute Gasteiger partial charge is 0.368 e. The molecule has 102 valence electrons. The third-order valence-corrected chi connectivity index (χ3v) is 2.57. The molecule has 2 aromatic rings. The Morgan fingerprint density at radius 2 is 1.75 bits per heavy atom. The summed E-state index contributed by atoms with van der Waals surface area (Å²) in [6, 6.07) is 14.9. The summed E-state index contributed by atoms with van der Waals surface area (Å²) in [4.78, 5) is 16.2. The molecule has 0 amide bonds. The molecule has 0 bridgehead atoms. The number of carbonyl (C=O) groups excluding carboxylic acids is 1. The second kappa shape index (κ2) is 6.47. The van der Waals surface area contributed by atoms with E-state index in [2.05, 4.69) is 9.99 Å². The number of rotatable bonds is 4. The van der Waals surface area contributed by atoms with E-state index in [4.69, 9.17) is 5.73 Å². The van der Waals surface area contributed by atoms with Crippen LogP contribution in [0.3, 0.4) is 0 Å². The van der Waals surface area contributed by atoms with Crippen LogP contribution in [0.5, 0.6) is 0 Å². The van der Waals surface area contributed by atoms with Gasteiger partial charge in [0.15, 0.2) is 0 Å². The fraction of sp³-hybridized carbons (Fsp3) is 0.0667. The van der Waals surface area contributed by atoms with Crippen molar-refractivity contribution in [3.63, 3.8) is 0 Å². The van der Waals surface area contributed by atoms with Gasteiger partial charge in [0.1, 0.15) is 11.7 Å². The van der Waals surface area contributed by atoms with Gasteiger partial charge in [0, 0.05) is 6.42 Å². The predicted molar refractivity (Wildman–Crippen MR) is 73.6 cm³/mol. The number of nitrogens with zero attached hydrogens (tertiary/aromatic N) is 1. The van der Waals surface area contributed by atoms with Crippen molar-refractivity contribution in [3.05, 3.63) is 71.5 Å². The van der Waals surface area contributed by atoms with Crippen LogP contribution in [0.2, 0.25) is 0 Å². The number of benzene rings is 2. The molecule has 2 rings (SSSR count). The third kappa shape index (κ3) is 3.65. The summed E-state index contributed by atoms with van der Waals surface area (Å²) in [6.07, 6.45) is 0.353. The third-order valence-electron chi connectivity index (χ3n) is 2.57. The summed E-state index contributed by atoms with van der Waals surface area (Å²) in [5.74, 6) is -1.39.